The minimum Gasteiger partial charge on any atom is -0.466 e. The number of rotatable bonds is 7. The van der Waals surface area contributed by atoms with Crippen LogP contribution in [0.1, 0.15) is 25.7 Å². The zero-order valence-electron chi connectivity index (χ0n) is 6.99. The van der Waals surface area contributed by atoms with Gasteiger partial charge in [-0.1, -0.05) is 0 Å². The van der Waals surface area contributed by atoms with Crippen molar-refractivity contribution in [3.63, 3.8) is 0 Å². The van der Waals surface area contributed by atoms with Gasteiger partial charge in [0.05, 0.1) is 6.61 Å². The van der Waals surface area contributed by atoms with Gasteiger partial charge in [0.2, 0.25) is 0 Å². The molecule has 0 atom stereocenters. The zero-order chi connectivity index (χ0) is 9.23. The van der Waals surface area contributed by atoms with Crippen LogP contribution in [0.2, 0.25) is 0 Å². The Morgan fingerprint density at radius 2 is 2.17 bits per heavy atom. The lowest BCUT2D eigenvalue weighted by Crippen LogP contribution is -2.06. The monoisotopic (exact) mass is 174 g/mol. The number of aldehydes is 1. The van der Waals surface area contributed by atoms with Crippen LogP contribution in [-0.2, 0) is 14.3 Å². The van der Waals surface area contributed by atoms with E-state index in [4.69, 9.17) is 9.84 Å². The van der Waals surface area contributed by atoms with E-state index in [2.05, 4.69) is 0 Å². The molecule has 0 aliphatic rings. The highest BCUT2D eigenvalue weighted by molar-refractivity contribution is 5.69. The van der Waals surface area contributed by atoms with Gasteiger partial charge in [-0.2, -0.15) is 0 Å². The minimum absolute atomic E-state index is 0.00341. The van der Waals surface area contributed by atoms with Crippen LogP contribution in [0.4, 0.5) is 0 Å². The Kier molecular flexibility index (Phi) is 7.58. The van der Waals surface area contributed by atoms with Crippen LogP contribution in [0, 0.1) is 0 Å². The maximum Gasteiger partial charge on any atom is 0.305 e. The summed E-state index contributed by atoms with van der Waals surface area (Å²) >= 11 is 0. The first-order valence-electron chi connectivity index (χ1n) is 4.01. The van der Waals surface area contributed by atoms with Crippen molar-refractivity contribution in [2.45, 2.75) is 25.7 Å². The average molecular weight is 174 g/mol. The van der Waals surface area contributed by atoms with E-state index in [-0.39, 0.29) is 19.0 Å². The van der Waals surface area contributed by atoms with Crippen molar-refractivity contribution in [1.29, 1.82) is 0 Å². The smallest absolute Gasteiger partial charge is 0.305 e. The van der Waals surface area contributed by atoms with Crippen molar-refractivity contribution < 1.29 is 19.4 Å². The van der Waals surface area contributed by atoms with E-state index in [1.54, 1.807) is 0 Å². The summed E-state index contributed by atoms with van der Waals surface area (Å²) in [6.45, 7) is 0.298. The molecule has 0 spiro atoms. The van der Waals surface area contributed by atoms with E-state index in [0.29, 0.717) is 25.9 Å². The molecule has 0 saturated heterocycles. The Morgan fingerprint density at radius 3 is 2.75 bits per heavy atom. The molecule has 0 rings (SSSR count). The van der Waals surface area contributed by atoms with Gasteiger partial charge >= 0.3 is 5.97 Å². The van der Waals surface area contributed by atoms with Crippen LogP contribution in [0.3, 0.4) is 0 Å². The predicted octanol–water partition coefficient (Wildman–Crippen LogP) is 0.281. The number of carbonyl (C=O) groups excluding carboxylic acids is 2. The summed E-state index contributed by atoms with van der Waals surface area (Å²) in [4.78, 5) is 20.6. The number of carbonyl (C=O) groups is 2. The minimum atomic E-state index is -0.310. The summed E-state index contributed by atoms with van der Waals surface area (Å²) in [5.74, 6) is -0.310. The maximum absolute atomic E-state index is 10.7. The fraction of sp³-hybridized carbons (Fsp3) is 0.750. The molecule has 1 N–H and O–H groups in total. The van der Waals surface area contributed by atoms with Crippen molar-refractivity contribution in [2.24, 2.45) is 0 Å². The molecule has 0 aliphatic heterocycles. The van der Waals surface area contributed by atoms with E-state index >= 15 is 0 Å². The molecule has 0 heterocycles. The third kappa shape index (κ3) is 7.21. The molecule has 0 aromatic heterocycles. The van der Waals surface area contributed by atoms with Crippen molar-refractivity contribution in [3.05, 3.63) is 0 Å². The molecule has 0 aliphatic carbocycles. The van der Waals surface area contributed by atoms with Gasteiger partial charge in [-0.25, -0.2) is 0 Å². The van der Waals surface area contributed by atoms with E-state index in [1.807, 2.05) is 0 Å². The molecule has 4 nitrogen and oxygen atoms in total. The first kappa shape index (κ1) is 11.1. The maximum atomic E-state index is 10.7. The molecule has 0 aromatic rings. The summed E-state index contributed by atoms with van der Waals surface area (Å²) in [6.07, 6.45) is 2.48. The number of aliphatic hydroxyl groups excluding tert-OH is 1. The molecule has 0 saturated carbocycles. The summed E-state index contributed by atoms with van der Waals surface area (Å²) < 4.78 is 4.74. The number of esters is 1. The lowest BCUT2D eigenvalue weighted by molar-refractivity contribution is -0.144. The van der Waals surface area contributed by atoms with Gasteiger partial charge in [-0.15, -0.1) is 0 Å². The van der Waals surface area contributed by atoms with Crippen molar-refractivity contribution in [1.82, 2.24) is 0 Å². The molecule has 0 radical (unpaired) electrons. The van der Waals surface area contributed by atoms with Crippen LogP contribution >= 0.6 is 0 Å². The average Bonchev–Trinajstić information content (AvgIpc) is 2.09. The molecule has 0 amide bonds. The van der Waals surface area contributed by atoms with Crippen LogP contribution in [0.15, 0.2) is 0 Å². The molecule has 0 fully saturated rings. The molecular formula is C8H14O4. The van der Waals surface area contributed by atoms with E-state index in [0.717, 1.165) is 6.29 Å². The quantitative estimate of drug-likeness (QED) is 0.342. The number of hydrogen-bond donors (Lipinski definition) is 1. The first-order valence-corrected chi connectivity index (χ1v) is 4.01. The van der Waals surface area contributed by atoms with Gasteiger partial charge in [0.15, 0.2) is 0 Å². The fourth-order valence-corrected chi connectivity index (χ4v) is 0.648. The Morgan fingerprint density at radius 1 is 1.42 bits per heavy atom. The number of ether oxygens (including phenoxy) is 1. The Bertz CT molecular complexity index is 133. The summed E-state index contributed by atoms with van der Waals surface area (Å²) in [6, 6.07) is 0. The number of aliphatic hydroxyl groups is 1. The Balaban J connectivity index is 3.13. The highest BCUT2D eigenvalue weighted by atomic mass is 16.5. The van der Waals surface area contributed by atoms with Crippen LogP contribution in [0.5, 0.6) is 0 Å². The third-order valence-electron chi connectivity index (χ3n) is 1.27. The summed E-state index contributed by atoms with van der Waals surface area (Å²) in [5.41, 5.74) is 0. The normalized spacial score (nSPS) is 9.42. The van der Waals surface area contributed by atoms with Gasteiger partial charge in [-0.3, -0.25) is 4.79 Å². The molecule has 0 unspecified atom stereocenters. The van der Waals surface area contributed by atoms with Crippen molar-refractivity contribution in [2.75, 3.05) is 13.2 Å². The molecule has 0 aromatic carbocycles. The zero-order valence-corrected chi connectivity index (χ0v) is 6.99. The lowest BCUT2D eigenvalue weighted by atomic mass is 10.3. The van der Waals surface area contributed by atoms with Crippen LogP contribution in [-0.4, -0.2) is 30.6 Å². The Labute approximate surface area is 71.5 Å². The highest BCUT2D eigenvalue weighted by Crippen LogP contribution is 1.93. The second kappa shape index (κ2) is 8.20. The number of unbranched alkanes of at least 4 members (excludes halogenated alkanes) is 1. The lowest BCUT2D eigenvalue weighted by Gasteiger charge is -2.01. The Hall–Kier alpha value is -0.900. The highest BCUT2D eigenvalue weighted by Gasteiger charge is 2.00. The first-order chi connectivity index (χ1) is 5.81. The fourth-order valence-electron chi connectivity index (χ4n) is 0.648. The van der Waals surface area contributed by atoms with Gasteiger partial charge < -0.3 is 14.6 Å². The molecule has 12 heavy (non-hydrogen) atoms. The predicted molar refractivity (Wildman–Crippen MR) is 42.6 cm³/mol. The van der Waals surface area contributed by atoms with Gasteiger partial charge in [0.25, 0.3) is 0 Å². The third-order valence-corrected chi connectivity index (χ3v) is 1.27. The second-order valence-electron chi connectivity index (χ2n) is 2.36. The molecule has 0 bridgehead atoms. The van der Waals surface area contributed by atoms with Crippen LogP contribution < -0.4 is 0 Å². The molecular weight excluding hydrogens is 160 g/mol. The van der Waals surface area contributed by atoms with E-state index < -0.39 is 0 Å². The van der Waals surface area contributed by atoms with E-state index in [9.17, 15) is 9.59 Å². The van der Waals surface area contributed by atoms with Crippen molar-refractivity contribution >= 4 is 12.3 Å². The largest absolute Gasteiger partial charge is 0.466 e. The number of hydrogen-bond acceptors (Lipinski definition) is 4. The summed E-state index contributed by atoms with van der Waals surface area (Å²) in [7, 11) is 0. The topological polar surface area (TPSA) is 63.6 Å². The van der Waals surface area contributed by atoms with E-state index in [1.165, 1.54) is 0 Å². The molecule has 4 heteroatoms. The molecule has 70 valence electrons. The van der Waals surface area contributed by atoms with Gasteiger partial charge in [0, 0.05) is 19.4 Å². The SMILES string of the molecule is O=CCCCOC(=O)CCCO. The summed E-state index contributed by atoms with van der Waals surface area (Å²) in [5, 5.41) is 8.37. The van der Waals surface area contributed by atoms with Gasteiger partial charge in [0.1, 0.15) is 6.29 Å². The van der Waals surface area contributed by atoms with Crippen molar-refractivity contribution in [3.8, 4) is 0 Å². The van der Waals surface area contributed by atoms with Crippen LogP contribution in [0.25, 0.3) is 0 Å². The standard InChI is InChI=1S/C8H14O4/c9-5-1-2-7-12-8(11)4-3-6-10/h5,10H,1-4,6-7H2. The van der Waals surface area contributed by atoms with Gasteiger partial charge in [-0.05, 0) is 12.8 Å². The second-order valence-corrected chi connectivity index (χ2v) is 2.36.